The van der Waals surface area contributed by atoms with Crippen LogP contribution in [0.4, 0.5) is 17.1 Å². The minimum absolute atomic E-state index is 1.13. The molecule has 0 N–H and O–H groups in total. The highest BCUT2D eigenvalue weighted by molar-refractivity contribution is 7.26. The molecule has 0 saturated heterocycles. The van der Waals surface area contributed by atoms with Crippen LogP contribution in [0.5, 0.6) is 0 Å². The number of nitrogens with zero attached hydrogens (tertiary/aromatic N) is 1. The Bertz CT molecular complexity index is 2830. The minimum Gasteiger partial charge on any atom is -0.309 e. The fraction of sp³-hybridized carbons (Fsp3) is 0. The molecule has 0 radical (unpaired) electrons. The van der Waals surface area contributed by atoms with Crippen molar-refractivity contribution < 1.29 is 0 Å². The first-order chi connectivity index (χ1) is 24.3. The van der Waals surface area contributed by atoms with E-state index in [4.69, 9.17) is 0 Å². The Kier molecular flexibility index (Phi) is 6.61. The van der Waals surface area contributed by atoms with Crippen LogP contribution in [-0.4, -0.2) is 0 Å². The molecule has 0 aliphatic rings. The van der Waals surface area contributed by atoms with Gasteiger partial charge in [0.1, 0.15) is 0 Å². The first kappa shape index (κ1) is 28.3. The lowest BCUT2D eigenvalue weighted by Gasteiger charge is -2.29. The van der Waals surface area contributed by atoms with Crippen LogP contribution in [-0.2, 0) is 0 Å². The predicted molar refractivity (Wildman–Crippen MR) is 215 cm³/mol. The van der Waals surface area contributed by atoms with Crippen LogP contribution in [0.1, 0.15) is 0 Å². The van der Waals surface area contributed by atoms with Gasteiger partial charge < -0.3 is 4.90 Å². The van der Waals surface area contributed by atoms with Crippen molar-refractivity contribution in [3.8, 4) is 22.3 Å². The number of rotatable bonds is 5. The van der Waals surface area contributed by atoms with E-state index >= 15 is 0 Å². The van der Waals surface area contributed by atoms with Crippen LogP contribution in [0.3, 0.4) is 0 Å². The summed E-state index contributed by atoms with van der Waals surface area (Å²) in [6.07, 6.45) is 0. The maximum atomic E-state index is 2.48. The Morgan fingerprint density at radius 2 is 0.837 bits per heavy atom. The number of hydrogen-bond donors (Lipinski definition) is 0. The highest BCUT2D eigenvalue weighted by atomic mass is 32.1. The van der Waals surface area contributed by atoms with Gasteiger partial charge in [-0.25, -0.2) is 0 Å². The van der Waals surface area contributed by atoms with Gasteiger partial charge in [-0.05, 0) is 76.0 Å². The smallest absolute Gasteiger partial charge is 0.0555 e. The first-order valence-electron chi connectivity index (χ1n) is 16.6. The third-order valence-corrected chi connectivity index (χ3v) is 12.0. The summed E-state index contributed by atoms with van der Waals surface area (Å²) in [6.45, 7) is 0. The van der Waals surface area contributed by atoms with E-state index in [1.54, 1.807) is 0 Å². The summed E-state index contributed by atoms with van der Waals surface area (Å²) in [4.78, 5) is 2.48. The predicted octanol–water partition coefficient (Wildman–Crippen LogP) is 14.4. The molecule has 0 fully saturated rings. The highest BCUT2D eigenvalue weighted by Crippen LogP contribution is 2.49. The zero-order valence-electron chi connectivity index (χ0n) is 26.5. The Labute approximate surface area is 292 Å². The molecule has 1 nitrogen and oxygen atoms in total. The van der Waals surface area contributed by atoms with Gasteiger partial charge in [0.05, 0.1) is 11.4 Å². The molecule has 0 saturated carbocycles. The van der Waals surface area contributed by atoms with Crippen molar-refractivity contribution in [2.24, 2.45) is 0 Å². The molecule has 3 heteroatoms. The molecule has 49 heavy (non-hydrogen) atoms. The van der Waals surface area contributed by atoms with E-state index in [1.165, 1.54) is 79.1 Å². The maximum Gasteiger partial charge on any atom is 0.0555 e. The normalized spacial score (nSPS) is 11.7. The van der Waals surface area contributed by atoms with Crippen LogP contribution in [0.2, 0.25) is 0 Å². The summed E-state index contributed by atoms with van der Waals surface area (Å²) in [7, 11) is 0. The second kappa shape index (κ2) is 11.5. The Hall–Kier alpha value is -5.74. The average molecular weight is 660 g/mol. The second-order valence-electron chi connectivity index (χ2n) is 12.5. The Morgan fingerprint density at radius 1 is 0.327 bits per heavy atom. The Morgan fingerprint density at radius 3 is 1.63 bits per heavy atom. The lowest BCUT2D eigenvalue weighted by Crippen LogP contribution is -2.11. The summed E-state index contributed by atoms with van der Waals surface area (Å²) >= 11 is 3.73. The molecule has 0 amide bonds. The zero-order valence-corrected chi connectivity index (χ0v) is 28.1. The topological polar surface area (TPSA) is 3.24 Å². The molecule has 10 rings (SSSR count). The number of fused-ring (bicyclic) bond motifs is 7. The van der Waals surface area contributed by atoms with Crippen molar-refractivity contribution in [1.82, 2.24) is 0 Å². The molecule has 0 bridgehead atoms. The number of hydrogen-bond acceptors (Lipinski definition) is 3. The van der Waals surface area contributed by atoms with Crippen molar-refractivity contribution in [1.29, 1.82) is 0 Å². The number of thiophene rings is 2. The molecule has 0 atom stereocenters. The lowest BCUT2D eigenvalue weighted by atomic mass is 9.96. The van der Waals surface area contributed by atoms with E-state index in [2.05, 4.69) is 181 Å². The molecule has 8 aromatic carbocycles. The van der Waals surface area contributed by atoms with Gasteiger partial charge >= 0.3 is 0 Å². The van der Waals surface area contributed by atoms with Gasteiger partial charge in [-0.1, -0.05) is 127 Å². The summed E-state index contributed by atoms with van der Waals surface area (Å²) in [5.41, 5.74) is 8.40. The first-order valence-corrected chi connectivity index (χ1v) is 18.2. The minimum atomic E-state index is 1.13. The van der Waals surface area contributed by atoms with E-state index in [-0.39, 0.29) is 0 Å². The van der Waals surface area contributed by atoms with Gasteiger partial charge in [0.2, 0.25) is 0 Å². The van der Waals surface area contributed by atoms with Crippen LogP contribution in [0, 0.1) is 0 Å². The molecular weight excluding hydrogens is 631 g/mol. The van der Waals surface area contributed by atoms with Crippen LogP contribution >= 0.6 is 22.7 Å². The molecule has 0 unspecified atom stereocenters. The summed E-state index contributed by atoms with van der Waals surface area (Å²) in [5.74, 6) is 0. The van der Waals surface area contributed by atoms with E-state index in [1.807, 2.05) is 22.7 Å². The molecule has 0 aliphatic carbocycles. The lowest BCUT2D eigenvalue weighted by molar-refractivity contribution is 1.30. The summed E-state index contributed by atoms with van der Waals surface area (Å²) in [5, 5.41) is 7.73. The third kappa shape index (κ3) is 4.58. The fourth-order valence-electron chi connectivity index (χ4n) is 7.51. The standard InChI is InChI=1S/C46H29NS2/c1-2-14-33-30(12-1)13-9-18-34(33)31-26-28-32(29-27-31)47(40-21-11-25-44-46(40)38-17-5-8-23-42(38)49-44)39-20-6-3-15-35(39)36-19-10-24-43-45(36)37-16-4-7-22-41(37)48-43/h1-29H. The number of benzene rings is 8. The largest absolute Gasteiger partial charge is 0.309 e. The molecule has 0 spiro atoms. The molecule has 0 aliphatic heterocycles. The number of para-hydroxylation sites is 1. The zero-order chi connectivity index (χ0) is 32.3. The fourth-order valence-corrected chi connectivity index (χ4v) is 9.77. The van der Waals surface area contributed by atoms with Crippen molar-refractivity contribution >= 4 is 90.9 Å². The van der Waals surface area contributed by atoms with E-state index in [0.29, 0.717) is 0 Å². The van der Waals surface area contributed by atoms with E-state index in [9.17, 15) is 0 Å². The van der Waals surface area contributed by atoms with Crippen molar-refractivity contribution in [3.05, 3.63) is 176 Å². The van der Waals surface area contributed by atoms with Crippen LogP contribution < -0.4 is 4.90 Å². The summed E-state index contributed by atoms with van der Waals surface area (Å²) < 4.78 is 5.22. The van der Waals surface area contributed by atoms with Gasteiger partial charge in [0.25, 0.3) is 0 Å². The summed E-state index contributed by atoms with van der Waals surface area (Å²) in [6, 6.07) is 64.4. The van der Waals surface area contributed by atoms with Crippen molar-refractivity contribution in [2.75, 3.05) is 4.90 Å². The molecular formula is C46H29NS2. The van der Waals surface area contributed by atoms with Crippen molar-refractivity contribution in [3.63, 3.8) is 0 Å². The van der Waals surface area contributed by atoms with Gasteiger partial charge in [0, 0.05) is 51.6 Å². The van der Waals surface area contributed by atoms with E-state index < -0.39 is 0 Å². The quantitative estimate of drug-likeness (QED) is 0.178. The van der Waals surface area contributed by atoms with Crippen molar-refractivity contribution in [2.45, 2.75) is 0 Å². The third-order valence-electron chi connectivity index (χ3n) is 9.69. The SMILES string of the molecule is c1ccc(N(c2ccc(-c3cccc4ccccc34)cc2)c2cccc3sc4ccccc4c23)c(-c2cccc3sc4ccccc4c23)c1. The maximum absolute atomic E-state index is 2.48. The molecule has 230 valence electrons. The average Bonchev–Trinajstić information content (AvgIpc) is 3.74. The van der Waals surface area contributed by atoms with Gasteiger partial charge in [0.15, 0.2) is 0 Å². The van der Waals surface area contributed by atoms with Gasteiger partial charge in [-0.15, -0.1) is 22.7 Å². The van der Waals surface area contributed by atoms with Crippen LogP contribution in [0.15, 0.2) is 176 Å². The molecule has 2 aromatic heterocycles. The number of anilines is 3. The monoisotopic (exact) mass is 659 g/mol. The molecule has 10 aromatic rings. The van der Waals surface area contributed by atoms with Gasteiger partial charge in [-0.2, -0.15) is 0 Å². The molecule has 2 heterocycles. The second-order valence-corrected chi connectivity index (χ2v) is 14.6. The van der Waals surface area contributed by atoms with Crippen LogP contribution in [0.25, 0.3) is 73.4 Å². The highest BCUT2D eigenvalue weighted by Gasteiger charge is 2.22. The van der Waals surface area contributed by atoms with E-state index in [0.717, 1.165) is 11.4 Å². The Balaban J connectivity index is 1.23. The van der Waals surface area contributed by atoms with Gasteiger partial charge in [-0.3, -0.25) is 0 Å².